The molecule has 2 aromatic heterocycles. The van der Waals surface area contributed by atoms with Gasteiger partial charge in [-0.05, 0) is 36.4 Å². The van der Waals surface area contributed by atoms with Crippen LogP contribution >= 0.6 is 11.3 Å². The van der Waals surface area contributed by atoms with Crippen molar-refractivity contribution >= 4 is 33.8 Å². The number of nitrogens with one attached hydrogen (secondary N) is 2. The second-order valence-electron chi connectivity index (χ2n) is 6.90. The maximum atomic E-state index is 13.4. The van der Waals surface area contributed by atoms with Crippen molar-refractivity contribution in [2.24, 2.45) is 0 Å². The first-order chi connectivity index (χ1) is 15.7. The monoisotopic (exact) mass is 477 g/mol. The minimum absolute atomic E-state index is 0.0650. The minimum Gasteiger partial charge on any atom is -0.347 e. The fraction of sp³-hybridized carbons (Fsp3) is 0.143. The first-order valence-corrected chi connectivity index (χ1v) is 10.4. The number of fused-ring (bicyclic) bond motifs is 1. The van der Waals surface area contributed by atoms with Crippen molar-refractivity contribution in [1.29, 1.82) is 0 Å². The lowest BCUT2D eigenvalue weighted by Crippen LogP contribution is -2.36. The number of carbonyl (C=O) groups is 2. The van der Waals surface area contributed by atoms with Gasteiger partial charge >= 0.3 is 18.0 Å². The summed E-state index contributed by atoms with van der Waals surface area (Å²) >= 11 is 1.33. The van der Waals surface area contributed by atoms with Crippen molar-refractivity contribution in [2.45, 2.75) is 12.6 Å². The standard InChI is InChI=1S/C21H15F4N5O2S/c22-14-3-1-2-12(10-14)17-28-20-30(29-17)16(11-33-20)8-9-26-18(31)19(32)27-15-6-4-13(5-7-15)21(23,24)25/h1-7,10-11H,8-9H2,(H,26,31)(H,27,32). The van der Waals surface area contributed by atoms with Gasteiger partial charge in [0.1, 0.15) is 5.82 Å². The second-order valence-corrected chi connectivity index (χ2v) is 7.74. The lowest BCUT2D eigenvalue weighted by Gasteiger charge is -2.09. The number of rotatable bonds is 5. The Labute approximate surface area is 188 Å². The summed E-state index contributed by atoms with van der Waals surface area (Å²) in [6, 6.07) is 9.66. The van der Waals surface area contributed by atoms with Gasteiger partial charge in [-0.25, -0.2) is 8.91 Å². The smallest absolute Gasteiger partial charge is 0.347 e. The van der Waals surface area contributed by atoms with E-state index in [0.717, 1.165) is 30.0 Å². The molecule has 0 radical (unpaired) electrons. The van der Waals surface area contributed by atoms with Gasteiger partial charge in [-0.15, -0.1) is 16.4 Å². The van der Waals surface area contributed by atoms with E-state index < -0.39 is 29.4 Å². The maximum Gasteiger partial charge on any atom is 0.416 e. The van der Waals surface area contributed by atoms with Crippen molar-refractivity contribution in [1.82, 2.24) is 19.9 Å². The first kappa shape index (κ1) is 22.4. The van der Waals surface area contributed by atoms with E-state index in [2.05, 4.69) is 20.7 Å². The highest BCUT2D eigenvalue weighted by Crippen LogP contribution is 2.29. The quantitative estimate of drug-likeness (QED) is 0.337. The highest BCUT2D eigenvalue weighted by molar-refractivity contribution is 7.15. The predicted octanol–water partition coefficient (Wildman–Crippen LogP) is 3.91. The van der Waals surface area contributed by atoms with Crippen LogP contribution in [-0.2, 0) is 22.2 Å². The summed E-state index contributed by atoms with van der Waals surface area (Å²) in [6.07, 6.45) is -4.15. The second kappa shape index (κ2) is 8.98. The lowest BCUT2D eigenvalue weighted by molar-refractivity contribution is -0.137. The highest BCUT2D eigenvalue weighted by Gasteiger charge is 2.30. The van der Waals surface area contributed by atoms with Crippen LogP contribution in [0.25, 0.3) is 16.3 Å². The topological polar surface area (TPSA) is 88.4 Å². The van der Waals surface area contributed by atoms with E-state index in [1.807, 2.05) is 0 Å². The number of amides is 2. The van der Waals surface area contributed by atoms with Crippen LogP contribution in [0.1, 0.15) is 11.3 Å². The summed E-state index contributed by atoms with van der Waals surface area (Å²) < 4.78 is 52.8. The highest BCUT2D eigenvalue weighted by atomic mass is 32.1. The molecular weight excluding hydrogens is 462 g/mol. The van der Waals surface area contributed by atoms with Gasteiger partial charge < -0.3 is 10.6 Å². The zero-order valence-corrected chi connectivity index (χ0v) is 17.5. The molecule has 33 heavy (non-hydrogen) atoms. The molecule has 0 aliphatic carbocycles. The molecule has 2 heterocycles. The number of benzene rings is 2. The summed E-state index contributed by atoms with van der Waals surface area (Å²) in [5.41, 5.74) is 0.467. The number of hydrogen-bond donors (Lipinski definition) is 2. The molecule has 170 valence electrons. The van der Waals surface area contributed by atoms with Crippen molar-refractivity contribution < 1.29 is 27.2 Å². The van der Waals surface area contributed by atoms with Crippen LogP contribution in [0.3, 0.4) is 0 Å². The number of carbonyl (C=O) groups excluding carboxylic acids is 2. The third-order valence-corrected chi connectivity index (χ3v) is 5.44. The van der Waals surface area contributed by atoms with Crippen LogP contribution in [0, 0.1) is 5.82 Å². The van der Waals surface area contributed by atoms with Gasteiger partial charge in [-0.1, -0.05) is 12.1 Å². The Balaban J connectivity index is 1.33. The van der Waals surface area contributed by atoms with Crippen LogP contribution in [0.5, 0.6) is 0 Å². The normalized spacial score (nSPS) is 11.5. The van der Waals surface area contributed by atoms with Gasteiger partial charge in [0.2, 0.25) is 4.96 Å². The average Bonchev–Trinajstić information content (AvgIpc) is 3.35. The van der Waals surface area contributed by atoms with Crippen molar-refractivity contribution in [3.8, 4) is 11.4 Å². The van der Waals surface area contributed by atoms with E-state index in [1.54, 1.807) is 22.0 Å². The van der Waals surface area contributed by atoms with E-state index in [9.17, 15) is 27.2 Å². The van der Waals surface area contributed by atoms with Crippen LogP contribution in [0.2, 0.25) is 0 Å². The third kappa shape index (κ3) is 5.17. The van der Waals surface area contributed by atoms with Crippen LogP contribution < -0.4 is 10.6 Å². The molecular formula is C21H15F4N5O2S. The Kier molecular flexibility index (Phi) is 6.09. The number of halogens is 4. The summed E-state index contributed by atoms with van der Waals surface area (Å²) in [6.45, 7) is 0.111. The SMILES string of the molecule is O=C(NCCc1csc2nc(-c3cccc(F)c3)nn12)C(=O)Nc1ccc(C(F)(F)F)cc1. The Morgan fingerprint density at radius 1 is 1.06 bits per heavy atom. The van der Waals surface area contributed by atoms with Gasteiger partial charge in [-0.3, -0.25) is 9.59 Å². The fourth-order valence-corrected chi connectivity index (χ4v) is 3.82. The minimum atomic E-state index is -4.49. The van der Waals surface area contributed by atoms with E-state index in [1.165, 1.54) is 23.5 Å². The largest absolute Gasteiger partial charge is 0.416 e. The van der Waals surface area contributed by atoms with Crippen LogP contribution in [-0.4, -0.2) is 33.0 Å². The average molecular weight is 477 g/mol. The zero-order chi connectivity index (χ0) is 23.6. The van der Waals surface area contributed by atoms with Gasteiger partial charge in [-0.2, -0.15) is 18.2 Å². The molecule has 0 spiro atoms. The van der Waals surface area contributed by atoms with Crippen LogP contribution in [0.15, 0.2) is 53.9 Å². The molecule has 0 bridgehead atoms. The maximum absolute atomic E-state index is 13.4. The summed E-state index contributed by atoms with van der Waals surface area (Å²) in [5, 5.41) is 10.9. The van der Waals surface area contributed by atoms with Gasteiger partial charge in [0.05, 0.1) is 11.3 Å². The Morgan fingerprint density at radius 3 is 2.52 bits per heavy atom. The summed E-state index contributed by atoms with van der Waals surface area (Å²) in [5.74, 6) is -1.97. The van der Waals surface area contributed by atoms with E-state index in [4.69, 9.17) is 0 Å². The first-order valence-electron chi connectivity index (χ1n) is 9.56. The molecule has 4 aromatic rings. The van der Waals surface area contributed by atoms with E-state index in [-0.39, 0.29) is 12.2 Å². The molecule has 2 aromatic carbocycles. The molecule has 0 fully saturated rings. The van der Waals surface area contributed by atoms with Gasteiger partial charge in [0.25, 0.3) is 0 Å². The van der Waals surface area contributed by atoms with Crippen molar-refractivity contribution in [3.05, 3.63) is 71.0 Å². The zero-order valence-electron chi connectivity index (χ0n) is 16.7. The number of aromatic nitrogens is 3. The molecule has 0 saturated carbocycles. The summed E-state index contributed by atoms with van der Waals surface area (Å²) in [7, 11) is 0. The predicted molar refractivity (Wildman–Crippen MR) is 113 cm³/mol. The Morgan fingerprint density at radius 2 is 1.82 bits per heavy atom. The Hall–Kier alpha value is -3.80. The van der Waals surface area contributed by atoms with Crippen molar-refractivity contribution in [3.63, 3.8) is 0 Å². The molecule has 2 N–H and O–H groups in total. The number of anilines is 1. The van der Waals surface area contributed by atoms with Crippen LogP contribution in [0.4, 0.5) is 23.2 Å². The molecule has 0 atom stereocenters. The van der Waals surface area contributed by atoms with E-state index in [0.29, 0.717) is 22.8 Å². The molecule has 12 heteroatoms. The van der Waals surface area contributed by atoms with Gasteiger partial charge in [0.15, 0.2) is 5.82 Å². The molecule has 0 aliphatic rings. The van der Waals surface area contributed by atoms with Gasteiger partial charge in [0, 0.05) is 29.6 Å². The molecule has 0 unspecified atom stereocenters. The Bertz CT molecular complexity index is 1310. The van der Waals surface area contributed by atoms with E-state index >= 15 is 0 Å². The molecule has 4 rings (SSSR count). The molecule has 2 amide bonds. The number of nitrogens with zero attached hydrogens (tertiary/aromatic N) is 3. The van der Waals surface area contributed by atoms with Crippen molar-refractivity contribution in [2.75, 3.05) is 11.9 Å². The molecule has 0 aliphatic heterocycles. The molecule has 7 nitrogen and oxygen atoms in total. The number of alkyl halides is 3. The lowest BCUT2D eigenvalue weighted by atomic mass is 10.2. The summed E-state index contributed by atoms with van der Waals surface area (Å²) in [4.78, 5) is 29.0. The third-order valence-electron chi connectivity index (χ3n) is 4.58. The fourth-order valence-electron chi connectivity index (χ4n) is 2.96. The number of hydrogen-bond acceptors (Lipinski definition) is 5. The molecule has 0 saturated heterocycles. The number of thiazole rings is 1.